The van der Waals surface area contributed by atoms with Gasteiger partial charge in [0.15, 0.2) is 0 Å². The highest BCUT2D eigenvalue weighted by Crippen LogP contribution is 2.59. The molecule has 1 aromatic carbocycles. The maximum atomic E-state index is 6.01. The van der Waals surface area contributed by atoms with E-state index in [1.54, 1.807) is 0 Å². The summed E-state index contributed by atoms with van der Waals surface area (Å²) in [4.78, 5) is 0. The second-order valence-electron chi connectivity index (χ2n) is 4.48. The topological polar surface area (TPSA) is 12.5 Å². The second-order valence-corrected chi connectivity index (χ2v) is 4.92. The molecule has 15 heavy (non-hydrogen) atoms. The van der Waals surface area contributed by atoms with E-state index in [4.69, 9.17) is 16.3 Å². The first kappa shape index (κ1) is 8.14. The Balaban J connectivity index is 1.97. The van der Waals surface area contributed by atoms with Gasteiger partial charge in [-0.05, 0) is 35.8 Å². The van der Waals surface area contributed by atoms with E-state index in [-0.39, 0.29) is 11.7 Å². The molecule has 0 amide bonds. The van der Waals surface area contributed by atoms with Gasteiger partial charge < -0.3 is 4.74 Å². The van der Waals surface area contributed by atoms with Crippen molar-refractivity contribution in [2.45, 2.75) is 18.6 Å². The summed E-state index contributed by atoms with van der Waals surface area (Å²) in [5, 5.41) is 0.802. The standard InChI is InChI=1S/C13H9ClO/c1-13-11(15-13)5-4-9-8-3-2-7(14)6-10(8)12(9)13/h2-6,11H,1H3. The van der Waals surface area contributed by atoms with Crippen molar-refractivity contribution in [2.24, 2.45) is 0 Å². The molecule has 1 fully saturated rings. The van der Waals surface area contributed by atoms with Gasteiger partial charge in [-0.3, -0.25) is 0 Å². The van der Waals surface area contributed by atoms with Crippen LogP contribution >= 0.6 is 11.6 Å². The third kappa shape index (κ3) is 0.804. The molecule has 1 nitrogen and oxygen atoms in total. The van der Waals surface area contributed by atoms with Gasteiger partial charge in [0.2, 0.25) is 0 Å². The van der Waals surface area contributed by atoms with Crippen molar-refractivity contribution in [1.82, 2.24) is 0 Å². The quantitative estimate of drug-likeness (QED) is 0.607. The Labute approximate surface area is 93.0 Å². The summed E-state index contributed by atoms with van der Waals surface area (Å²) < 4.78 is 5.71. The van der Waals surface area contributed by atoms with E-state index in [0.29, 0.717) is 0 Å². The fraction of sp³-hybridized carbons (Fsp3) is 0.231. The summed E-state index contributed by atoms with van der Waals surface area (Å²) >= 11 is 6.01. The zero-order chi connectivity index (χ0) is 10.2. The average molecular weight is 217 g/mol. The van der Waals surface area contributed by atoms with Crippen molar-refractivity contribution in [3.8, 4) is 0 Å². The Kier molecular flexibility index (Phi) is 1.20. The van der Waals surface area contributed by atoms with Gasteiger partial charge >= 0.3 is 0 Å². The third-order valence-electron chi connectivity index (χ3n) is 3.60. The molecule has 1 saturated heterocycles. The Hall–Kier alpha value is -1.05. The number of halogens is 1. The Bertz CT molecular complexity index is 556. The van der Waals surface area contributed by atoms with Crippen LogP contribution < -0.4 is 0 Å². The number of benzene rings is 1. The first-order valence-electron chi connectivity index (χ1n) is 5.11. The summed E-state index contributed by atoms with van der Waals surface area (Å²) in [6, 6.07) is 6.08. The van der Waals surface area contributed by atoms with Crippen LogP contribution in [0.1, 0.15) is 18.1 Å². The van der Waals surface area contributed by atoms with Crippen molar-refractivity contribution in [2.75, 3.05) is 0 Å². The Morgan fingerprint density at radius 1 is 1.33 bits per heavy atom. The molecule has 0 radical (unpaired) electrons. The molecule has 1 heterocycles. The molecule has 0 N–H and O–H groups in total. The molecule has 3 aliphatic rings. The lowest BCUT2D eigenvalue weighted by Crippen LogP contribution is -2.22. The van der Waals surface area contributed by atoms with Crippen molar-refractivity contribution >= 4 is 22.7 Å². The molecule has 2 aliphatic carbocycles. The Morgan fingerprint density at radius 2 is 2.20 bits per heavy atom. The molecule has 74 valence electrons. The molecule has 0 bridgehead atoms. The van der Waals surface area contributed by atoms with E-state index >= 15 is 0 Å². The van der Waals surface area contributed by atoms with Gasteiger partial charge in [-0.1, -0.05) is 29.8 Å². The maximum Gasteiger partial charge on any atom is 0.122 e. The smallest absolute Gasteiger partial charge is 0.122 e. The molecule has 1 aliphatic heterocycles. The highest BCUT2D eigenvalue weighted by Gasteiger charge is 2.58. The van der Waals surface area contributed by atoms with Crippen molar-refractivity contribution in [3.63, 3.8) is 0 Å². The van der Waals surface area contributed by atoms with Crippen LogP contribution in [0, 0.1) is 0 Å². The van der Waals surface area contributed by atoms with Gasteiger partial charge in [0.25, 0.3) is 0 Å². The number of allylic oxidation sites excluding steroid dienone is 2. The predicted octanol–water partition coefficient (Wildman–Crippen LogP) is 3.29. The van der Waals surface area contributed by atoms with Crippen molar-refractivity contribution < 1.29 is 4.74 Å². The van der Waals surface area contributed by atoms with Crippen molar-refractivity contribution in [1.29, 1.82) is 0 Å². The second kappa shape index (κ2) is 2.21. The number of rotatable bonds is 0. The molecular formula is C13H9ClO. The van der Waals surface area contributed by atoms with E-state index < -0.39 is 0 Å². The van der Waals surface area contributed by atoms with Crippen LogP contribution in [0.15, 0.2) is 30.4 Å². The fourth-order valence-corrected chi connectivity index (χ4v) is 2.89. The average Bonchev–Trinajstić information content (AvgIpc) is 2.83. The van der Waals surface area contributed by atoms with E-state index in [1.165, 1.54) is 22.3 Å². The van der Waals surface area contributed by atoms with Gasteiger partial charge in [0, 0.05) is 10.6 Å². The zero-order valence-electron chi connectivity index (χ0n) is 8.25. The minimum Gasteiger partial charge on any atom is -0.357 e. The normalized spacial score (nSPS) is 34.1. The van der Waals surface area contributed by atoms with Gasteiger partial charge in [-0.15, -0.1) is 0 Å². The number of fused-ring (bicyclic) bond motifs is 5. The lowest BCUT2D eigenvalue weighted by Gasteiger charge is -2.31. The SMILES string of the molecule is CC12OC1C=CC1=C2c2cc(Cl)ccc21. The number of ether oxygens (including phenoxy) is 1. The number of epoxide rings is 1. The predicted molar refractivity (Wildman–Crippen MR) is 60.7 cm³/mol. The Morgan fingerprint density at radius 3 is 3.07 bits per heavy atom. The first-order chi connectivity index (χ1) is 7.20. The minimum atomic E-state index is -0.0677. The minimum absolute atomic E-state index is 0.0677. The monoisotopic (exact) mass is 216 g/mol. The molecule has 2 heteroatoms. The van der Waals surface area contributed by atoms with Gasteiger partial charge in [0.1, 0.15) is 11.7 Å². The van der Waals surface area contributed by atoms with E-state index in [0.717, 1.165) is 5.02 Å². The summed E-state index contributed by atoms with van der Waals surface area (Å²) in [5.41, 5.74) is 5.18. The van der Waals surface area contributed by atoms with Crippen LogP contribution in [0.2, 0.25) is 5.02 Å². The van der Waals surface area contributed by atoms with E-state index in [9.17, 15) is 0 Å². The van der Waals surface area contributed by atoms with Gasteiger partial charge in [-0.25, -0.2) is 0 Å². The molecule has 2 atom stereocenters. The first-order valence-corrected chi connectivity index (χ1v) is 5.49. The lowest BCUT2D eigenvalue weighted by molar-refractivity contribution is 0.363. The van der Waals surface area contributed by atoms with Crippen LogP contribution in [-0.2, 0) is 4.74 Å². The third-order valence-corrected chi connectivity index (χ3v) is 3.84. The summed E-state index contributed by atoms with van der Waals surface area (Å²) in [7, 11) is 0. The molecule has 1 aromatic rings. The number of hydrogen-bond donors (Lipinski definition) is 0. The summed E-state index contributed by atoms with van der Waals surface area (Å²) in [6.07, 6.45) is 4.60. The lowest BCUT2D eigenvalue weighted by atomic mass is 9.71. The summed E-state index contributed by atoms with van der Waals surface area (Å²) in [5.74, 6) is 0. The van der Waals surface area contributed by atoms with Crippen LogP contribution in [0.4, 0.5) is 0 Å². The van der Waals surface area contributed by atoms with Crippen LogP contribution in [0.25, 0.3) is 11.1 Å². The molecule has 4 rings (SSSR count). The number of hydrogen-bond acceptors (Lipinski definition) is 1. The highest BCUT2D eigenvalue weighted by molar-refractivity contribution is 6.31. The van der Waals surface area contributed by atoms with Crippen LogP contribution in [-0.4, -0.2) is 11.7 Å². The van der Waals surface area contributed by atoms with Gasteiger partial charge in [0.05, 0.1) is 0 Å². The van der Waals surface area contributed by atoms with E-state index in [2.05, 4.69) is 25.1 Å². The largest absolute Gasteiger partial charge is 0.357 e. The molecular weight excluding hydrogens is 208 g/mol. The maximum absolute atomic E-state index is 6.01. The van der Waals surface area contributed by atoms with Crippen LogP contribution in [0.5, 0.6) is 0 Å². The fourth-order valence-electron chi connectivity index (χ4n) is 2.72. The summed E-state index contributed by atoms with van der Waals surface area (Å²) in [6.45, 7) is 2.15. The highest BCUT2D eigenvalue weighted by atomic mass is 35.5. The zero-order valence-corrected chi connectivity index (χ0v) is 9.01. The molecule has 0 spiro atoms. The van der Waals surface area contributed by atoms with Crippen LogP contribution in [0.3, 0.4) is 0 Å². The molecule has 2 unspecified atom stereocenters. The molecule has 0 saturated carbocycles. The van der Waals surface area contributed by atoms with Crippen molar-refractivity contribution in [3.05, 3.63) is 46.5 Å². The van der Waals surface area contributed by atoms with Gasteiger partial charge in [-0.2, -0.15) is 0 Å². The van der Waals surface area contributed by atoms with E-state index in [1.807, 2.05) is 12.1 Å². The molecule has 0 aromatic heterocycles.